The second-order valence-electron chi connectivity index (χ2n) is 3.50. The highest BCUT2D eigenvalue weighted by atomic mass is 35.5. The van der Waals surface area contributed by atoms with Crippen LogP contribution in [0.1, 0.15) is 17.8 Å². The molecular formula is C12H12ClNS. The van der Waals surface area contributed by atoms with Gasteiger partial charge in [0.15, 0.2) is 0 Å². The third-order valence-electron chi connectivity index (χ3n) is 2.20. The zero-order chi connectivity index (χ0) is 10.8. The first-order chi connectivity index (χ1) is 7.16. The van der Waals surface area contributed by atoms with Crippen molar-refractivity contribution in [2.24, 2.45) is 5.73 Å². The number of thiophene rings is 1. The van der Waals surface area contributed by atoms with Crippen LogP contribution in [-0.2, 0) is 0 Å². The van der Waals surface area contributed by atoms with Crippen LogP contribution in [0.25, 0.3) is 10.4 Å². The normalized spacial score (nSPS) is 12.7. The Bertz CT molecular complexity index is 445. The van der Waals surface area contributed by atoms with Crippen molar-refractivity contribution in [1.29, 1.82) is 0 Å². The summed E-state index contributed by atoms with van der Waals surface area (Å²) in [6, 6.07) is 12.2. The van der Waals surface area contributed by atoms with Gasteiger partial charge >= 0.3 is 0 Å². The lowest BCUT2D eigenvalue weighted by molar-refractivity contribution is 0.838. The first-order valence-electron chi connectivity index (χ1n) is 4.78. The maximum atomic E-state index is 5.84. The molecule has 1 heterocycles. The van der Waals surface area contributed by atoms with E-state index in [0.29, 0.717) is 0 Å². The Morgan fingerprint density at radius 1 is 1.13 bits per heavy atom. The predicted octanol–water partition coefficient (Wildman–Crippen LogP) is 4.09. The van der Waals surface area contributed by atoms with Crippen molar-refractivity contribution in [3.8, 4) is 10.4 Å². The van der Waals surface area contributed by atoms with Crippen molar-refractivity contribution in [3.63, 3.8) is 0 Å². The summed E-state index contributed by atoms with van der Waals surface area (Å²) in [4.78, 5) is 2.44. The van der Waals surface area contributed by atoms with Crippen LogP contribution in [0, 0.1) is 0 Å². The average molecular weight is 238 g/mol. The van der Waals surface area contributed by atoms with Crippen molar-refractivity contribution in [2.45, 2.75) is 13.0 Å². The van der Waals surface area contributed by atoms with Crippen LogP contribution in [0.4, 0.5) is 0 Å². The number of hydrogen-bond donors (Lipinski definition) is 1. The van der Waals surface area contributed by atoms with Crippen LogP contribution in [-0.4, -0.2) is 0 Å². The fourth-order valence-electron chi connectivity index (χ4n) is 1.37. The summed E-state index contributed by atoms with van der Waals surface area (Å²) in [6.07, 6.45) is 0. The first-order valence-corrected chi connectivity index (χ1v) is 5.97. The lowest BCUT2D eigenvalue weighted by Gasteiger charge is -1.99. The van der Waals surface area contributed by atoms with Gasteiger partial charge in [0.1, 0.15) is 0 Å². The molecule has 0 bridgehead atoms. The monoisotopic (exact) mass is 237 g/mol. The van der Waals surface area contributed by atoms with E-state index < -0.39 is 0 Å². The van der Waals surface area contributed by atoms with Crippen molar-refractivity contribution < 1.29 is 0 Å². The number of nitrogens with two attached hydrogens (primary N) is 1. The minimum Gasteiger partial charge on any atom is -0.324 e. The van der Waals surface area contributed by atoms with Crippen molar-refractivity contribution in [2.75, 3.05) is 0 Å². The van der Waals surface area contributed by atoms with Crippen LogP contribution < -0.4 is 5.73 Å². The fraction of sp³-hybridized carbons (Fsp3) is 0.167. The quantitative estimate of drug-likeness (QED) is 0.837. The largest absolute Gasteiger partial charge is 0.324 e. The summed E-state index contributed by atoms with van der Waals surface area (Å²) in [5, 5.41) is 0.766. The van der Waals surface area contributed by atoms with E-state index in [1.54, 1.807) is 11.3 Å². The average Bonchev–Trinajstić information content (AvgIpc) is 2.68. The fourth-order valence-corrected chi connectivity index (χ4v) is 2.46. The molecule has 3 heteroatoms. The van der Waals surface area contributed by atoms with Gasteiger partial charge in [0.25, 0.3) is 0 Å². The SMILES string of the molecule is C[C@H](N)c1ccc(-c2ccc(Cl)cc2)s1. The summed E-state index contributed by atoms with van der Waals surface area (Å²) >= 11 is 7.57. The molecule has 0 spiro atoms. The van der Waals surface area contributed by atoms with Crippen molar-refractivity contribution in [1.82, 2.24) is 0 Å². The molecule has 1 aromatic heterocycles. The van der Waals surface area contributed by atoms with Gasteiger partial charge in [0.05, 0.1) is 0 Å². The molecule has 0 amide bonds. The highest BCUT2D eigenvalue weighted by molar-refractivity contribution is 7.15. The van der Waals surface area contributed by atoms with Crippen LogP contribution in [0.15, 0.2) is 36.4 Å². The van der Waals surface area contributed by atoms with Gasteiger partial charge in [-0.2, -0.15) is 0 Å². The van der Waals surface area contributed by atoms with E-state index >= 15 is 0 Å². The Balaban J connectivity index is 2.33. The molecule has 0 fully saturated rings. The van der Waals surface area contributed by atoms with Crippen LogP contribution >= 0.6 is 22.9 Å². The molecule has 0 saturated carbocycles. The van der Waals surface area contributed by atoms with E-state index in [9.17, 15) is 0 Å². The van der Waals surface area contributed by atoms with Crippen LogP contribution in [0.3, 0.4) is 0 Å². The number of rotatable bonds is 2. The van der Waals surface area contributed by atoms with Gasteiger partial charge in [0.2, 0.25) is 0 Å². The molecule has 2 rings (SSSR count). The second-order valence-corrected chi connectivity index (χ2v) is 5.05. The number of hydrogen-bond acceptors (Lipinski definition) is 2. The second kappa shape index (κ2) is 4.35. The summed E-state index contributed by atoms with van der Waals surface area (Å²) in [6.45, 7) is 2.00. The molecule has 2 aromatic rings. The van der Waals surface area contributed by atoms with E-state index in [4.69, 9.17) is 17.3 Å². The highest BCUT2D eigenvalue weighted by Crippen LogP contribution is 2.31. The topological polar surface area (TPSA) is 26.0 Å². The van der Waals surface area contributed by atoms with Crippen molar-refractivity contribution in [3.05, 3.63) is 46.3 Å². The molecule has 2 N–H and O–H groups in total. The molecule has 0 aliphatic carbocycles. The van der Waals surface area contributed by atoms with Gasteiger partial charge in [-0.25, -0.2) is 0 Å². The Kier molecular flexibility index (Phi) is 3.10. The summed E-state index contributed by atoms with van der Waals surface area (Å²) < 4.78 is 0. The zero-order valence-electron chi connectivity index (χ0n) is 8.41. The van der Waals surface area contributed by atoms with E-state index in [0.717, 1.165) is 5.02 Å². The molecule has 0 radical (unpaired) electrons. The lowest BCUT2D eigenvalue weighted by atomic mass is 10.2. The minimum atomic E-state index is 0.107. The van der Waals surface area contributed by atoms with E-state index in [1.165, 1.54) is 15.3 Å². The van der Waals surface area contributed by atoms with Gasteiger partial charge < -0.3 is 5.73 Å². The Labute approximate surface area is 98.5 Å². The molecule has 0 unspecified atom stereocenters. The molecule has 0 aliphatic rings. The van der Waals surface area contributed by atoms with Gasteiger partial charge in [-0.1, -0.05) is 23.7 Å². The Morgan fingerprint density at radius 3 is 2.33 bits per heavy atom. The maximum Gasteiger partial charge on any atom is 0.0406 e. The lowest BCUT2D eigenvalue weighted by Crippen LogP contribution is -2.01. The number of halogens is 1. The van der Waals surface area contributed by atoms with Gasteiger partial charge in [0, 0.05) is 20.8 Å². The minimum absolute atomic E-state index is 0.107. The highest BCUT2D eigenvalue weighted by Gasteiger charge is 2.05. The van der Waals surface area contributed by atoms with E-state index in [2.05, 4.69) is 12.1 Å². The molecular weight excluding hydrogens is 226 g/mol. The molecule has 78 valence electrons. The molecule has 15 heavy (non-hydrogen) atoms. The van der Waals surface area contributed by atoms with Crippen LogP contribution in [0.5, 0.6) is 0 Å². The molecule has 1 aromatic carbocycles. The molecule has 1 nitrogen and oxygen atoms in total. The van der Waals surface area contributed by atoms with Crippen LogP contribution in [0.2, 0.25) is 5.02 Å². The molecule has 0 saturated heterocycles. The Hall–Kier alpha value is -0.830. The van der Waals surface area contributed by atoms with E-state index in [-0.39, 0.29) is 6.04 Å². The third-order valence-corrected chi connectivity index (χ3v) is 3.79. The summed E-state index contributed by atoms with van der Waals surface area (Å²) in [7, 11) is 0. The summed E-state index contributed by atoms with van der Waals surface area (Å²) in [5.41, 5.74) is 7.01. The molecule has 1 atom stereocenters. The van der Waals surface area contributed by atoms with Gasteiger partial charge in [-0.15, -0.1) is 11.3 Å². The van der Waals surface area contributed by atoms with Gasteiger partial charge in [-0.3, -0.25) is 0 Å². The Morgan fingerprint density at radius 2 is 1.80 bits per heavy atom. The third kappa shape index (κ3) is 2.40. The van der Waals surface area contributed by atoms with Gasteiger partial charge in [-0.05, 0) is 36.8 Å². The zero-order valence-corrected chi connectivity index (χ0v) is 9.98. The smallest absolute Gasteiger partial charge is 0.0406 e. The molecule has 0 aliphatic heterocycles. The summed E-state index contributed by atoms with van der Waals surface area (Å²) in [5.74, 6) is 0. The maximum absolute atomic E-state index is 5.84. The van der Waals surface area contributed by atoms with Crippen molar-refractivity contribution >= 4 is 22.9 Å². The number of benzene rings is 1. The first kappa shape index (κ1) is 10.7. The standard InChI is InChI=1S/C12H12ClNS/c1-8(14)11-6-7-12(15-11)9-2-4-10(13)5-3-9/h2-8H,14H2,1H3/t8-/m0/s1. The van der Waals surface area contributed by atoms with E-state index in [1.807, 2.05) is 31.2 Å². The predicted molar refractivity (Wildman–Crippen MR) is 67.4 cm³/mol.